The lowest BCUT2D eigenvalue weighted by Gasteiger charge is -2.51. The van der Waals surface area contributed by atoms with Crippen LogP contribution in [0, 0.1) is 0 Å². The van der Waals surface area contributed by atoms with Crippen LogP contribution in [0.5, 0.6) is 0 Å². The SMILES string of the molecule is CC(C)NC1(N[SiH3])CCCC1(NC(C)C)NC(C)C. The molecule has 0 amide bonds. The summed E-state index contributed by atoms with van der Waals surface area (Å²) in [5, 5.41) is 11.4. The largest absolute Gasteiger partial charge is 0.326 e. The van der Waals surface area contributed by atoms with E-state index in [1.54, 1.807) is 0 Å². The minimum absolute atomic E-state index is 0.0259. The van der Waals surface area contributed by atoms with Crippen molar-refractivity contribution >= 4 is 10.4 Å². The van der Waals surface area contributed by atoms with Crippen LogP contribution >= 0.6 is 0 Å². The maximum Gasteiger partial charge on any atom is 0.101 e. The summed E-state index contributed by atoms with van der Waals surface area (Å²) in [6, 6.07) is 1.40. The molecule has 1 aliphatic carbocycles. The fraction of sp³-hybridized carbons (Fsp3) is 1.00. The van der Waals surface area contributed by atoms with Gasteiger partial charge < -0.3 is 4.98 Å². The highest BCUT2D eigenvalue weighted by Crippen LogP contribution is 2.36. The van der Waals surface area contributed by atoms with E-state index in [2.05, 4.69) is 62.5 Å². The Morgan fingerprint density at radius 2 is 1.11 bits per heavy atom. The van der Waals surface area contributed by atoms with Gasteiger partial charge in [-0.25, -0.2) is 0 Å². The first-order chi connectivity index (χ1) is 8.77. The Morgan fingerprint density at radius 1 is 0.737 bits per heavy atom. The molecule has 114 valence electrons. The summed E-state index contributed by atoms with van der Waals surface area (Å²) in [4.78, 5) is 3.71. The van der Waals surface area contributed by atoms with Gasteiger partial charge in [-0.1, -0.05) is 0 Å². The first-order valence-corrected chi connectivity index (χ1v) is 8.79. The summed E-state index contributed by atoms with van der Waals surface area (Å²) in [5.74, 6) is 0. The third kappa shape index (κ3) is 3.79. The van der Waals surface area contributed by atoms with Crippen LogP contribution in [0.25, 0.3) is 0 Å². The Labute approximate surface area is 122 Å². The van der Waals surface area contributed by atoms with Gasteiger partial charge in [-0.2, -0.15) is 0 Å². The standard InChI is InChI=1S/C14H34N4Si/c1-10(2)15-13(16-11(3)4)8-7-9-14(13,18-19)17-12(5)6/h10-12,15-18H,7-9H2,1-6,19H3. The molecule has 0 aromatic carbocycles. The van der Waals surface area contributed by atoms with Crippen LogP contribution < -0.4 is 20.9 Å². The highest BCUT2D eigenvalue weighted by molar-refractivity contribution is 6.05. The summed E-state index contributed by atoms with van der Waals surface area (Å²) in [5.41, 5.74) is -0.0801. The summed E-state index contributed by atoms with van der Waals surface area (Å²) < 4.78 is 0. The van der Waals surface area contributed by atoms with Crippen molar-refractivity contribution in [1.82, 2.24) is 20.9 Å². The molecule has 4 N–H and O–H groups in total. The van der Waals surface area contributed by atoms with Crippen molar-refractivity contribution < 1.29 is 0 Å². The molecule has 0 radical (unpaired) electrons. The van der Waals surface area contributed by atoms with Gasteiger partial charge in [0.2, 0.25) is 0 Å². The molecule has 19 heavy (non-hydrogen) atoms. The molecule has 0 spiro atoms. The van der Waals surface area contributed by atoms with Crippen molar-refractivity contribution in [2.24, 2.45) is 0 Å². The average Bonchev–Trinajstić information content (AvgIpc) is 2.54. The van der Waals surface area contributed by atoms with E-state index in [1.165, 1.54) is 19.3 Å². The highest BCUT2D eigenvalue weighted by atomic mass is 28.2. The topological polar surface area (TPSA) is 48.1 Å². The second-order valence-electron chi connectivity index (χ2n) is 6.81. The van der Waals surface area contributed by atoms with Gasteiger partial charge in [0.15, 0.2) is 0 Å². The first kappa shape index (κ1) is 17.1. The van der Waals surface area contributed by atoms with Gasteiger partial charge in [-0.3, -0.25) is 16.0 Å². The zero-order valence-corrected chi connectivity index (χ0v) is 15.9. The smallest absolute Gasteiger partial charge is 0.101 e. The van der Waals surface area contributed by atoms with Gasteiger partial charge in [0.25, 0.3) is 0 Å². The Balaban J connectivity index is 3.08. The molecule has 0 heterocycles. The third-order valence-electron chi connectivity index (χ3n) is 3.86. The predicted octanol–water partition coefficient (Wildman–Crippen LogP) is 0.427. The summed E-state index contributed by atoms with van der Waals surface area (Å²) in [6.07, 6.45) is 3.58. The maximum atomic E-state index is 3.82. The molecule has 1 saturated carbocycles. The van der Waals surface area contributed by atoms with Gasteiger partial charge in [-0.05, 0) is 60.8 Å². The number of nitrogens with one attached hydrogen (secondary N) is 4. The van der Waals surface area contributed by atoms with Gasteiger partial charge in [0.05, 0.1) is 16.1 Å². The third-order valence-corrected chi connectivity index (χ3v) is 4.72. The fourth-order valence-corrected chi connectivity index (χ4v) is 4.38. The quantitative estimate of drug-likeness (QED) is 0.405. The van der Waals surface area contributed by atoms with E-state index < -0.39 is 0 Å². The lowest BCUT2D eigenvalue weighted by Crippen LogP contribution is -2.80. The highest BCUT2D eigenvalue weighted by Gasteiger charge is 2.54. The molecule has 0 saturated heterocycles. The maximum absolute atomic E-state index is 3.82. The van der Waals surface area contributed by atoms with Gasteiger partial charge in [0, 0.05) is 18.1 Å². The van der Waals surface area contributed by atoms with E-state index in [9.17, 15) is 0 Å². The van der Waals surface area contributed by atoms with E-state index in [0.29, 0.717) is 18.1 Å². The lowest BCUT2D eigenvalue weighted by atomic mass is 9.93. The van der Waals surface area contributed by atoms with Crippen LogP contribution in [0.15, 0.2) is 0 Å². The van der Waals surface area contributed by atoms with Gasteiger partial charge in [-0.15, -0.1) is 0 Å². The minimum atomic E-state index is -0.0542. The Morgan fingerprint density at radius 3 is 1.47 bits per heavy atom. The molecule has 0 aromatic rings. The number of rotatable bonds is 7. The molecule has 1 fully saturated rings. The molecule has 1 aliphatic rings. The van der Waals surface area contributed by atoms with Crippen LogP contribution in [-0.4, -0.2) is 39.9 Å². The normalized spacial score (nSPS) is 27.0. The van der Waals surface area contributed by atoms with E-state index in [1.807, 2.05) is 0 Å². The first-order valence-electron chi connectivity index (χ1n) is 7.79. The summed E-state index contributed by atoms with van der Waals surface area (Å²) in [7, 11) is 0.990. The zero-order valence-electron chi connectivity index (χ0n) is 13.9. The van der Waals surface area contributed by atoms with Crippen molar-refractivity contribution in [2.75, 3.05) is 0 Å². The molecule has 0 bridgehead atoms. The van der Waals surface area contributed by atoms with Crippen LogP contribution in [-0.2, 0) is 0 Å². The molecular formula is C14H34N4Si. The second kappa shape index (κ2) is 6.67. The van der Waals surface area contributed by atoms with Crippen LogP contribution in [0.2, 0.25) is 0 Å². The van der Waals surface area contributed by atoms with E-state index >= 15 is 0 Å². The molecular weight excluding hydrogens is 252 g/mol. The van der Waals surface area contributed by atoms with Crippen LogP contribution in [0.4, 0.5) is 0 Å². The Hall–Kier alpha value is 0.0569. The van der Waals surface area contributed by atoms with Gasteiger partial charge >= 0.3 is 0 Å². The molecule has 1 rings (SSSR count). The fourth-order valence-electron chi connectivity index (χ4n) is 3.56. The van der Waals surface area contributed by atoms with Crippen molar-refractivity contribution in [3.63, 3.8) is 0 Å². The van der Waals surface area contributed by atoms with Crippen molar-refractivity contribution in [3.8, 4) is 0 Å². The zero-order chi connectivity index (χ0) is 14.7. The van der Waals surface area contributed by atoms with E-state index in [0.717, 1.165) is 10.4 Å². The van der Waals surface area contributed by atoms with Crippen LogP contribution in [0.1, 0.15) is 60.8 Å². The monoisotopic (exact) mass is 286 g/mol. The minimum Gasteiger partial charge on any atom is -0.326 e. The Kier molecular flexibility index (Phi) is 6.01. The molecule has 4 nitrogen and oxygen atoms in total. The summed E-state index contributed by atoms with van der Waals surface area (Å²) >= 11 is 0. The summed E-state index contributed by atoms with van der Waals surface area (Å²) in [6.45, 7) is 13.4. The average molecular weight is 287 g/mol. The van der Waals surface area contributed by atoms with Crippen molar-refractivity contribution in [3.05, 3.63) is 0 Å². The Bertz CT molecular complexity index is 271. The molecule has 0 aromatic heterocycles. The van der Waals surface area contributed by atoms with Gasteiger partial charge in [0.1, 0.15) is 5.66 Å². The molecule has 5 heteroatoms. The molecule has 0 aliphatic heterocycles. The van der Waals surface area contributed by atoms with E-state index in [4.69, 9.17) is 0 Å². The van der Waals surface area contributed by atoms with Crippen molar-refractivity contribution in [2.45, 2.75) is 90.3 Å². The van der Waals surface area contributed by atoms with Crippen molar-refractivity contribution in [1.29, 1.82) is 0 Å². The number of hydrogen-bond donors (Lipinski definition) is 4. The molecule has 1 atom stereocenters. The lowest BCUT2D eigenvalue weighted by molar-refractivity contribution is 0.0835. The second-order valence-corrected chi connectivity index (χ2v) is 7.31. The number of hydrogen-bond acceptors (Lipinski definition) is 4. The predicted molar refractivity (Wildman–Crippen MR) is 87.2 cm³/mol. The van der Waals surface area contributed by atoms with E-state index in [-0.39, 0.29) is 11.3 Å². The van der Waals surface area contributed by atoms with Crippen LogP contribution in [0.3, 0.4) is 0 Å². The molecule has 1 unspecified atom stereocenters.